The quantitative estimate of drug-likeness (QED) is 0.622. The first kappa shape index (κ1) is 9.39. The number of nitrogens with zero attached hydrogens (tertiary/aromatic N) is 1. The summed E-state index contributed by atoms with van der Waals surface area (Å²) in [5.41, 5.74) is 0.402. The number of aryl methyl sites for hydroxylation is 1. The van der Waals surface area contributed by atoms with Crippen LogP contribution in [0.15, 0.2) is 12.1 Å². The Morgan fingerprint density at radius 3 is 2.42 bits per heavy atom. The number of hydrogen-bond acceptors (Lipinski definition) is 1. The maximum Gasteiger partial charge on any atom is 0.270 e. The van der Waals surface area contributed by atoms with E-state index in [9.17, 15) is 8.78 Å². The molecule has 1 heterocycles. The predicted octanol–water partition coefficient (Wildman–Crippen LogP) is 3.16. The SMILES string of the molecule is Cc1cc(C(C)(F)F)cc(Cl)n1. The lowest BCUT2D eigenvalue weighted by Crippen LogP contribution is -2.07. The van der Waals surface area contributed by atoms with E-state index in [-0.39, 0.29) is 10.7 Å². The third-order valence-electron chi connectivity index (χ3n) is 1.43. The van der Waals surface area contributed by atoms with Crippen molar-refractivity contribution in [3.05, 3.63) is 28.5 Å². The zero-order valence-corrected chi connectivity index (χ0v) is 7.49. The lowest BCUT2D eigenvalue weighted by Gasteiger charge is -2.10. The maximum absolute atomic E-state index is 12.7. The van der Waals surface area contributed by atoms with Crippen molar-refractivity contribution in [3.8, 4) is 0 Å². The van der Waals surface area contributed by atoms with Crippen LogP contribution in [0.1, 0.15) is 18.2 Å². The fraction of sp³-hybridized carbons (Fsp3) is 0.375. The van der Waals surface area contributed by atoms with Crippen molar-refractivity contribution < 1.29 is 8.78 Å². The van der Waals surface area contributed by atoms with Gasteiger partial charge in [-0.2, -0.15) is 0 Å². The first-order chi connectivity index (χ1) is 5.39. The summed E-state index contributed by atoms with van der Waals surface area (Å²) in [7, 11) is 0. The molecule has 0 N–H and O–H groups in total. The second-order valence-corrected chi connectivity index (χ2v) is 3.10. The molecule has 1 nitrogen and oxygen atoms in total. The van der Waals surface area contributed by atoms with E-state index in [1.165, 1.54) is 12.1 Å². The van der Waals surface area contributed by atoms with Gasteiger partial charge in [0.1, 0.15) is 5.15 Å². The van der Waals surface area contributed by atoms with Crippen LogP contribution in [0.3, 0.4) is 0 Å². The fourth-order valence-corrected chi connectivity index (χ4v) is 1.13. The molecule has 1 aromatic heterocycles. The van der Waals surface area contributed by atoms with E-state index in [2.05, 4.69) is 4.98 Å². The molecule has 1 rings (SSSR count). The minimum Gasteiger partial charge on any atom is -0.241 e. The molecule has 0 aliphatic heterocycles. The Morgan fingerprint density at radius 1 is 1.42 bits per heavy atom. The summed E-state index contributed by atoms with van der Waals surface area (Å²) < 4.78 is 25.5. The Balaban J connectivity index is 3.18. The van der Waals surface area contributed by atoms with Crippen molar-refractivity contribution in [1.29, 1.82) is 0 Å². The number of halogens is 3. The fourth-order valence-electron chi connectivity index (χ4n) is 0.881. The topological polar surface area (TPSA) is 12.9 Å². The molecule has 0 radical (unpaired) electrons. The summed E-state index contributed by atoms with van der Waals surface area (Å²) in [5.74, 6) is -2.85. The average molecular weight is 192 g/mol. The molecule has 1 aromatic rings. The Morgan fingerprint density at radius 2 is 2.00 bits per heavy atom. The highest BCUT2D eigenvalue weighted by Crippen LogP contribution is 2.28. The van der Waals surface area contributed by atoms with Gasteiger partial charge in [0.25, 0.3) is 5.92 Å². The second kappa shape index (κ2) is 2.98. The summed E-state index contributed by atoms with van der Waals surface area (Å²) in [4.78, 5) is 3.78. The van der Waals surface area contributed by atoms with Gasteiger partial charge in [0.2, 0.25) is 0 Å². The molecular formula is C8H8ClF2N. The van der Waals surface area contributed by atoms with Gasteiger partial charge in [-0.05, 0) is 19.1 Å². The second-order valence-electron chi connectivity index (χ2n) is 2.71. The summed E-state index contributed by atoms with van der Waals surface area (Å²) in [6.45, 7) is 2.46. The van der Waals surface area contributed by atoms with Crippen LogP contribution in [0.5, 0.6) is 0 Å². The molecule has 66 valence electrons. The van der Waals surface area contributed by atoms with Crippen molar-refractivity contribution >= 4 is 11.6 Å². The monoisotopic (exact) mass is 191 g/mol. The Hall–Kier alpha value is -0.700. The van der Waals surface area contributed by atoms with E-state index >= 15 is 0 Å². The highest BCUT2D eigenvalue weighted by molar-refractivity contribution is 6.29. The van der Waals surface area contributed by atoms with E-state index < -0.39 is 5.92 Å². The Kier molecular flexibility index (Phi) is 2.33. The van der Waals surface area contributed by atoms with Crippen molar-refractivity contribution in [2.75, 3.05) is 0 Å². The summed E-state index contributed by atoms with van der Waals surface area (Å²) in [6.07, 6.45) is 0. The van der Waals surface area contributed by atoms with Gasteiger partial charge in [0.05, 0.1) is 0 Å². The Labute approximate surface area is 74.4 Å². The van der Waals surface area contributed by atoms with Gasteiger partial charge in [-0.15, -0.1) is 0 Å². The Bertz CT molecular complexity index is 273. The van der Waals surface area contributed by atoms with E-state index in [0.29, 0.717) is 5.69 Å². The van der Waals surface area contributed by atoms with Crippen LogP contribution in [0.2, 0.25) is 5.15 Å². The van der Waals surface area contributed by atoms with E-state index in [1.807, 2.05) is 0 Å². The molecule has 0 bridgehead atoms. The van der Waals surface area contributed by atoms with Crippen LogP contribution in [-0.4, -0.2) is 4.98 Å². The first-order valence-electron chi connectivity index (χ1n) is 3.42. The molecule has 0 unspecified atom stereocenters. The summed E-state index contributed by atoms with van der Waals surface area (Å²) >= 11 is 5.51. The van der Waals surface area contributed by atoms with Gasteiger partial charge in [-0.3, -0.25) is 0 Å². The average Bonchev–Trinajstić information content (AvgIpc) is 1.82. The third kappa shape index (κ3) is 2.14. The van der Waals surface area contributed by atoms with Gasteiger partial charge < -0.3 is 0 Å². The molecule has 4 heteroatoms. The molecule has 0 aromatic carbocycles. The van der Waals surface area contributed by atoms with E-state index in [0.717, 1.165) is 6.92 Å². The normalized spacial score (nSPS) is 11.8. The van der Waals surface area contributed by atoms with Gasteiger partial charge in [-0.25, -0.2) is 13.8 Å². The number of alkyl halides is 2. The lowest BCUT2D eigenvalue weighted by atomic mass is 10.1. The van der Waals surface area contributed by atoms with Crippen LogP contribution in [0.25, 0.3) is 0 Å². The van der Waals surface area contributed by atoms with Crippen molar-refractivity contribution in [3.63, 3.8) is 0 Å². The van der Waals surface area contributed by atoms with Crippen LogP contribution in [-0.2, 0) is 5.92 Å². The largest absolute Gasteiger partial charge is 0.270 e. The molecule has 0 fully saturated rings. The lowest BCUT2D eigenvalue weighted by molar-refractivity contribution is 0.0173. The zero-order valence-electron chi connectivity index (χ0n) is 6.74. The van der Waals surface area contributed by atoms with E-state index in [1.54, 1.807) is 6.92 Å². The number of aromatic nitrogens is 1. The molecule has 0 saturated heterocycles. The van der Waals surface area contributed by atoms with Crippen molar-refractivity contribution in [2.45, 2.75) is 19.8 Å². The smallest absolute Gasteiger partial charge is 0.241 e. The van der Waals surface area contributed by atoms with E-state index in [4.69, 9.17) is 11.6 Å². The molecule has 12 heavy (non-hydrogen) atoms. The molecule has 0 amide bonds. The van der Waals surface area contributed by atoms with Crippen molar-refractivity contribution in [1.82, 2.24) is 4.98 Å². The molecular weight excluding hydrogens is 184 g/mol. The summed E-state index contributed by atoms with van der Waals surface area (Å²) in [5, 5.41) is 0.103. The number of hydrogen-bond donors (Lipinski definition) is 0. The predicted molar refractivity (Wildman–Crippen MR) is 43.6 cm³/mol. The van der Waals surface area contributed by atoms with Gasteiger partial charge >= 0.3 is 0 Å². The molecule has 0 spiro atoms. The number of pyridine rings is 1. The molecule has 0 aliphatic carbocycles. The van der Waals surface area contributed by atoms with Gasteiger partial charge in [-0.1, -0.05) is 11.6 Å². The molecule has 0 aliphatic rings. The van der Waals surface area contributed by atoms with Crippen LogP contribution < -0.4 is 0 Å². The highest BCUT2D eigenvalue weighted by atomic mass is 35.5. The highest BCUT2D eigenvalue weighted by Gasteiger charge is 2.24. The maximum atomic E-state index is 12.7. The van der Waals surface area contributed by atoms with Gasteiger partial charge in [0, 0.05) is 18.2 Å². The first-order valence-corrected chi connectivity index (χ1v) is 3.80. The number of rotatable bonds is 1. The molecule has 0 saturated carbocycles. The van der Waals surface area contributed by atoms with Crippen LogP contribution in [0.4, 0.5) is 8.78 Å². The van der Waals surface area contributed by atoms with Gasteiger partial charge in [0.15, 0.2) is 0 Å². The van der Waals surface area contributed by atoms with Crippen LogP contribution in [0, 0.1) is 6.92 Å². The van der Waals surface area contributed by atoms with Crippen molar-refractivity contribution in [2.24, 2.45) is 0 Å². The van der Waals surface area contributed by atoms with Crippen LogP contribution >= 0.6 is 11.6 Å². The standard InChI is InChI=1S/C8H8ClF2N/c1-5-3-6(8(2,10)11)4-7(9)12-5/h3-4H,1-2H3. The molecule has 0 atom stereocenters. The summed E-state index contributed by atoms with van der Waals surface area (Å²) in [6, 6.07) is 2.50. The third-order valence-corrected chi connectivity index (χ3v) is 1.62. The minimum atomic E-state index is -2.85. The zero-order chi connectivity index (χ0) is 9.35. The minimum absolute atomic E-state index is 0.0972.